The zero-order chi connectivity index (χ0) is 12.6. The lowest BCUT2D eigenvalue weighted by Gasteiger charge is -2.28. The normalized spacial score (nSPS) is 19.1. The fourth-order valence-corrected chi connectivity index (χ4v) is 2.65. The molecule has 0 heteroatoms. The molecule has 4 atom stereocenters. The molecule has 0 N–H and O–H groups in total. The van der Waals surface area contributed by atoms with E-state index >= 15 is 0 Å². The van der Waals surface area contributed by atoms with Crippen molar-refractivity contribution in [1.82, 2.24) is 0 Å². The third kappa shape index (κ3) is 5.92. The summed E-state index contributed by atoms with van der Waals surface area (Å²) in [6.07, 6.45) is 8.37. The van der Waals surface area contributed by atoms with Crippen LogP contribution in [0.4, 0.5) is 0 Å². The van der Waals surface area contributed by atoms with Crippen molar-refractivity contribution in [2.24, 2.45) is 23.7 Å². The molecule has 0 heterocycles. The number of hydrogen-bond acceptors (Lipinski definition) is 0. The van der Waals surface area contributed by atoms with Crippen LogP contribution in [-0.2, 0) is 0 Å². The van der Waals surface area contributed by atoms with Crippen molar-refractivity contribution >= 4 is 0 Å². The smallest absolute Gasteiger partial charge is 0.0391 e. The van der Waals surface area contributed by atoms with Crippen molar-refractivity contribution in [2.75, 3.05) is 0 Å². The van der Waals surface area contributed by atoms with Crippen LogP contribution < -0.4 is 0 Å². The van der Waals surface area contributed by atoms with Crippen molar-refractivity contribution in [1.29, 1.82) is 0 Å². The highest BCUT2D eigenvalue weighted by Crippen LogP contribution is 2.30. The lowest BCUT2D eigenvalue weighted by atomic mass is 9.78. The number of hydrogen-bond donors (Lipinski definition) is 0. The highest BCUT2D eigenvalue weighted by Gasteiger charge is 2.20. The van der Waals surface area contributed by atoms with Gasteiger partial charge in [-0.25, -0.2) is 0 Å². The third-order valence-electron chi connectivity index (χ3n) is 4.69. The zero-order valence-electron chi connectivity index (χ0n) is 12.6. The van der Waals surface area contributed by atoms with Gasteiger partial charge in [0.15, 0.2) is 0 Å². The summed E-state index contributed by atoms with van der Waals surface area (Å²) >= 11 is 0. The molecule has 0 nitrogen and oxygen atoms in total. The highest BCUT2D eigenvalue weighted by molar-refractivity contribution is 4.71. The Hall–Kier alpha value is 0. The molecule has 16 heavy (non-hydrogen) atoms. The predicted molar refractivity (Wildman–Crippen MR) is 75.7 cm³/mol. The van der Waals surface area contributed by atoms with Crippen LogP contribution in [0.1, 0.15) is 80.1 Å². The van der Waals surface area contributed by atoms with Crippen LogP contribution in [-0.4, -0.2) is 0 Å². The molecular formula is C16H34. The van der Waals surface area contributed by atoms with Crippen LogP contribution in [0, 0.1) is 23.7 Å². The first-order valence-corrected chi connectivity index (χ1v) is 7.56. The van der Waals surface area contributed by atoms with Gasteiger partial charge < -0.3 is 0 Å². The van der Waals surface area contributed by atoms with Crippen molar-refractivity contribution in [3.8, 4) is 0 Å². The van der Waals surface area contributed by atoms with Gasteiger partial charge in [0.05, 0.1) is 0 Å². The van der Waals surface area contributed by atoms with Crippen molar-refractivity contribution < 1.29 is 0 Å². The number of unbranched alkanes of at least 4 members (excludes halogenated alkanes) is 1. The quantitative estimate of drug-likeness (QED) is 0.458. The zero-order valence-corrected chi connectivity index (χ0v) is 12.6. The summed E-state index contributed by atoms with van der Waals surface area (Å²) in [5.74, 6) is 3.65. The lowest BCUT2D eigenvalue weighted by molar-refractivity contribution is 0.222. The van der Waals surface area contributed by atoms with E-state index in [0.717, 1.165) is 23.7 Å². The van der Waals surface area contributed by atoms with E-state index in [1.54, 1.807) is 0 Å². The van der Waals surface area contributed by atoms with Crippen LogP contribution in [0.5, 0.6) is 0 Å². The Labute approximate surface area is 104 Å². The summed E-state index contributed by atoms with van der Waals surface area (Å²) in [7, 11) is 0. The lowest BCUT2D eigenvalue weighted by Crippen LogP contribution is -2.19. The van der Waals surface area contributed by atoms with Crippen LogP contribution in [0.2, 0.25) is 0 Å². The van der Waals surface area contributed by atoms with Crippen LogP contribution >= 0.6 is 0 Å². The Balaban J connectivity index is 4.02. The first kappa shape index (κ1) is 16.0. The van der Waals surface area contributed by atoms with E-state index in [1.807, 2.05) is 0 Å². The van der Waals surface area contributed by atoms with Gasteiger partial charge in [-0.15, -0.1) is 0 Å². The molecule has 0 amide bonds. The van der Waals surface area contributed by atoms with Crippen LogP contribution in [0.25, 0.3) is 0 Å². The maximum atomic E-state index is 2.46. The maximum absolute atomic E-state index is 2.46. The average molecular weight is 226 g/mol. The Morgan fingerprint density at radius 2 is 1.44 bits per heavy atom. The molecule has 98 valence electrons. The van der Waals surface area contributed by atoms with E-state index in [1.165, 1.54) is 38.5 Å². The first-order valence-electron chi connectivity index (χ1n) is 7.56. The van der Waals surface area contributed by atoms with E-state index in [9.17, 15) is 0 Å². The molecule has 0 saturated heterocycles. The summed E-state index contributed by atoms with van der Waals surface area (Å²) in [6, 6.07) is 0. The second-order valence-corrected chi connectivity index (χ2v) is 5.87. The minimum absolute atomic E-state index is 0.888. The van der Waals surface area contributed by atoms with E-state index in [0.29, 0.717) is 0 Å². The van der Waals surface area contributed by atoms with Gasteiger partial charge in [-0.1, -0.05) is 73.6 Å². The Morgan fingerprint density at radius 3 is 1.88 bits per heavy atom. The Morgan fingerprint density at radius 1 is 0.812 bits per heavy atom. The molecule has 0 aliphatic carbocycles. The summed E-state index contributed by atoms with van der Waals surface area (Å²) in [4.78, 5) is 0. The van der Waals surface area contributed by atoms with Crippen molar-refractivity contribution in [2.45, 2.75) is 80.1 Å². The second kappa shape index (κ2) is 9.07. The van der Waals surface area contributed by atoms with E-state index < -0.39 is 0 Å². The van der Waals surface area contributed by atoms with Crippen molar-refractivity contribution in [3.05, 3.63) is 0 Å². The molecule has 0 rings (SSSR count). The van der Waals surface area contributed by atoms with E-state index in [2.05, 4.69) is 41.5 Å². The largest absolute Gasteiger partial charge is 0.0654 e. The molecule has 0 aliphatic heterocycles. The molecule has 0 spiro atoms. The van der Waals surface area contributed by atoms with Gasteiger partial charge in [0.1, 0.15) is 0 Å². The minimum Gasteiger partial charge on any atom is -0.0654 e. The maximum Gasteiger partial charge on any atom is -0.0391 e. The molecule has 0 fully saturated rings. The van der Waals surface area contributed by atoms with Gasteiger partial charge in [0.25, 0.3) is 0 Å². The standard InChI is InChI=1S/C16H34/c1-7-10-11-16(9-3)12-14(5)15(6)13(4)8-2/h13-16H,7-12H2,1-6H3. The van der Waals surface area contributed by atoms with E-state index in [-0.39, 0.29) is 0 Å². The SMILES string of the molecule is CCCCC(CC)CC(C)C(C)C(C)CC. The van der Waals surface area contributed by atoms with Gasteiger partial charge in [0.2, 0.25) is 0 Å². The van der Waals surface area contributed by atoms with Crippen LogP contribution in [0.15, 0.2) is 0 Å². The third-order valence-corrected chi connectivity index (χ3v) is 4.69. The Kier molecular flexibility index (Phi) is 9.07. The fraction of sp³-hybridized carbons (Fsp3) is 1.00. The summed E-state index contributed by atoms with van der Waals surface area (Å²) in [5.41, 5.74) is 0. The highest BCUT2D eigenvalue weighted by atomic mass is 14.3. The van der Waals surface area contributed by atoms with Gasteiger partial charge in [-0.2, -0.15) is 0 Å². The van der Waals surface area contributed by atoms with Gasteiger partial charge in [0, 0.05) is 0 Å². The molecule has 4 unspecified atom stereocenters. The monoisotopic (exact) mass is 226 g/mol. The second-order valence-electron chi connectivity index (χ2n) is 5.87. The first-order chi connectivity index (χ1) is 7.56. The molecule has 0 saturated carbocycles. The van der Waals surface area contributed by atoms with Crippen LogP contribution in [0.3, 0.4) is 0 Å². The predicted octanol–water partition coefficient (Wildman–Crippen LogP) is 5.91. The molecule has 0 aromatic heterocycles. The topological polar surface area (TPSA) is 0 Å². The molecule has 0 aromatic rings. The average Bonchev–Trinajstić information content (AvgIpc) is 2.31. The molecule has 0 aromatic carbocycles. The van der Waals surface area contributed by atoms with E-state index in [4.69, 9.17) is 0 Å². The van der Waals surface area contributed by atoms with Gasteiger partial charge in [-0.3, -0.25) is 0 Å². The summed E-state index contributed by atoms with van der Waals surface area (Å²) in [5, 5.41) is 0. The molecule has 0 radical (unpaired) electrons. The fourth-order valence-electron chi connectivity index (χ4n) is 2.65. The van der Waals surface area contributed by atoms with Gasteiger partial charge in [-0.05, 0) is 30.1 Å². The van der Waals surface area contributed by atoms with Gasteiger partial charge >= 0.3 is 0 Å². The Bertz CT molecular complexity index is 150. The molecule has 0 aliphatic rings. The molecule has 0 bridgehead atoms. The summed E-state index contributed by atoms with van der Waals surface area (Å²) < 4.78 is 0. The minimum atomic E-state index is 0.888. The molecular weight excluding hydrogens is 192 g/mol. The summed E-state index contributed by atoms with van der Waals surface area (Å²) in [6.45, 7) is 14.3. The van der Waals surface area contributed by atoms with Crippen molar-refractivity contribution in [3.63, 3.8) is 0 Å². The number of rotatable bonds is 9.